The molecule has 0 bridgehead atoms. The molecule has 106 valence electrons. The Morgan fingerprint density at radius 1 is 1.15 bits per heavy atom. The summed E-state index contributed by atoms with van der Waals surface area (Å²) < 4.78 is 5.77. The van der Waals surface area contributed by atoms with Gasteiger partial charge in [0.15, 0.2) is 0 Å². The fourth-order valence-electron chi connectivity index (χ4n) is 2.52. The van der Waals surface area contributed by atoms with Gasteiger partial charge in [-0.05, 0) is 37.0 Å². The first-order chi connectivity index (χ1) is 9.65. The predicted octanol–water partition coefficient (Wildman–Crippen LogP) is 2.22. The third-order valence-electron chi connectivity index (χ3n) is 3.61. The molecule has 2 aromatic rings. The molecule has 1 fully saturated rings. The fraction of sp³-hybridized carbons (Fsp3) is 0.429. The summed E-state index contributed by atoms with van der Waals surface area (Å²) in [5.41, 5.74) is 1.04. The van der Waals surface area contributed by atoms with Crippen molar-refractivity contribution in [3.8, 4) is 0 Å². The van der Waals surface area contributed by atoms with Crippen LogP contribution in [0.5, 0.6) is 0 Å². The summed E-state index contributed by atoms with van der Waals surface area (Å²) in [6, 6.07) is 5.62. The molecule has 0 aliphatic carbocycles. The van der Waals surface area contributed by atoms with Crippen molar-refractivity contribution in [2.75, 3.05) is 6.61 Å². The van der Waals surface area contributed by atoms with Crippen molar-refractivity contribution >= 4 is 27.0 Å². The predicted molar refractivity (Wildman–Crippen MR) is 80.4 cm³/mol. The number of alkyl halides is 1. The van der Waals surface area contributed by atoms with E-state index in [0.717, 1.165) is 25.0 Å². The summed E-state index contributed by atoms with van der Waals surface area (Å²) in [5.74, 6) is 0. The van der Waals surface area contributed by atoms with Crippen molar-refractivity contribution in [2.45, 2.75) is 30.2 Å². The van der Waals surface area contributed by atoms with E-state index in [4.69, 9.17) is 4.74 Å². The van der Waals surface area contributed by atoms with E-state index in [1.807, 2.05) is 12.1 Å². The van der Waals surface area contributed by atoms with Crippen LogP contribution < -0.4 is 11.1 Å². The fourth-order valence-corrected chi connectivity index (χ4v) is 3.22. The van der Waals surface area contributed by atoms with Gasteiger partial charge in [-0.1, -0.05) is 22.0 Å². The molecule has 0 saturated carbocycles. The van der Waals surface area contributed by atoms with E-state index in [1.54, 1.807) is 6.07 Å². The van der Waals surface area contributed by atoms with E-state index in [1.165, 1.54) is 6.42 Å². The van der Waals surface area contributed by atoms with Crippen LogP contribution in [0.15, 0.2) is 27.8 Å². The van der Waals surface area contributed by atoms with E-state index in [-0.39, 0.29) is 10.9 Å². The highest BCUT2D eigenvalue weighted by Gasteiger charge is 2.23. The number of aromatic amines is 2. The zero-order valence-electron chi connectivity index (χ0n) is 10.8. The van der Waals surface area contributed by atoms with Crippen LogP contribution in [0.3, 0.4) is 0 Å². The summed E-state index contributed by atoms with van der Waals surface area (Å²) in [6.45, 7) is 0.796. The van der Waals surface area contributed by atoms with Gasteiger partial charge in [0.2, 0.25) is 0 Å². The van der Waals surface area contributed by atoms with E-state index in [2.05, 4.69) is 25.9 Å². The Morgan fingerprint density at radius 3 is 2.60 bits per heavy atom. The Balaban J connectivity index is 1.97. The first kappa shape index (κ1) is 13.6. The molecule has 1 aliphatic rings. The van der Waals surface area contributed by atoms with Gasteiger partial charge in [0.05, 0.1) is 22.0 Å². The highest BCUT2D eigenvalue weighted by Crippen LogP contribution is 2.34. The van der Waals surface area contributed by atoms with Gasteiger partial charge in [0.1, 0.15) is 0 Å². The monoisotopic (exact) mass is 338 g/mol. The van der Waals surface area contributed by atoms with Gasteiger partial charge < -0.3 is 14.7 Å². The van der Waals surface area contributed by atoms with E-state index >= 15 is 0 Å². The first-order valence-corrected chi connectivity index (χ1v) is 7.58. The molecule has 2 heterocycles. The molecular weight excluding hydrogens is 324 g/mol. The van der Waals surface area contributed by atoms with E-state index in [9.17, 15) is 9.59 Å². The van der Waals surface area contributed by atoms with Gasteiger partial charge in [0.25, 0.3) is 0 Å². The zero-order chi connectivity index (χ0) is 14.1. The smallest absolute Gasteiger partial charge is 0.314 e. The molecule has 1 aromatic carbocycles. The average molecular weight is 339 g/mol. The molecule has 20 heavy (non-hydrogen) atoms. The lowest BCUT2D eigenvalue weighted by Gasteiger charge is -2.27. The van der Waals surface area contributed by atoms with E-state index in [0.29, 0.717) is 11.0 Å². The first-order valence-electron chi connectivity index (χ1n) is 6.67. The summed E-state index contributed by atoms with van der Waals surface area (Å²) in [6.07, 6.45) is 3.46. The van der Waals surface area contributed by atoms with Crippen molar-refractivity contribution in [3.05, 3.63) is 44.5 Å². The van der Waals surface area contributed by atoms with Gasteiger partial charge in [-0.25, -0.2) is 0 Å². The van der Waals surface area contributed by atoms with Gasteiger partial charge >= 0.3 is 11.1 Å². The molecule has 2 unspecified atom stereocenters. The molecule has 1 aromatic heterocycles. The number of hydrogen-bond acceptors (Lipinski definition) is 3. The maximum Gasteiger partial charge on any atom is 0.314 e. The number of nitrogens with one attached hydrogen (secondary N) is 2. The third kappa shape index (κ3) is 2.58. The molecule has 2 N–H and O–H groups in total. The lowest BCUT2D eigenvalue weighted by atomic mass is 10.0. The summed E-state index contributed by atoms with van der Waals surface area (Å²) in [4.78, 5) is 27.9. The van der Waals surface area contributed by atoms with Crippen molar-refractivity contribution in [3.63, 3.8) is 0 Å². The number of aromatic nitrogens is 2. The van der Waals surface area contributed by atoms with Crippen LogP contribution in [0.1, 0.15) is 29.7 Å². The minimum Gasteiger partial charge on any atom is -0.377 e. The molecule has 6 heteroatoms. The highest BCUT2D eigenvalue weighted by molar-refractivity contribution is 9.09. The molecular formula is C14H15BrN2O3. The Hall–Kier alpha value is -1.40. The molecule has 0 radical (unpaired) electrons. The largest absolute Gasteiger partial charge is 0.377 e. The molecule has 5 nitrogen and oxygen atoms in total. The Morgan fingerprint density at radius 2 is 1.90 bits per heavy atom. The molecule has 0 amide bonds. The van der Waals surface area contributed by atoms with Crippen LogP contribution in [0.25, 0.3) is 11.0 Å². The second-order valence-corrected chi connectivity index (χ2v) is 6.01. The minimum absolute atomic E-state index is 0.0858. The summed E-state index contributed by atoms with van der Waals surface area (Å²) in [5, 5.41) is 0. The van der Waals surface area contributed by atoms with Crippen LogP contribution in [0, 0.1) is 0 Å². The number of hydrogen-bond donors (Lipinski definition) is 2. The van der Waals surface area contributed by atoms with Gasteiger partial charge in [0, 0.05) is 6.61 Å². The summed E-state index contributed by atoms with van der Waals surface area (Å²) >= 11 is 3.68. The van der Waals surface area contributed by atoms with Gasteiger partial charge in [-0.3, -0.25) is 9.59 Å². The molecule has 3 rings (SSSR count). The minimum atomic E-state index is -0.630. The van der Waals surface area contributed by atoms with Crippen LogP contribution in [0.4, 0.5) is 0 Å². The maximum absolute atomic E-state index is 11.4. The SMILES string of the molecule is O=c1[nH]c2ccc(C(Br)C3CCCCO3)cc2[nH]c1=O. The Kier molecular flexibility index (Phi) is 3.76. The normalized spacial score (nSPS) is 20.9. The van der Waals surface area contributed by atoms with Crippen molar-refractivity contribution in [1.29, 1.82) is 0 Å². The number of H-pyrrole nitrogens is 2. The second kappa shape index (κ2) is 5.54. The maximum atomic E-state index is 11.4. The lowest BCUT2D eigenvalue weighted by Crippen LogP contribution is -2.29. The average Bonchev–Trinajstić information content (AvgIpc) is 2.48. The van der Waals surface area contributed by atoms with Gasteiger partial charge in [-0.15, -0.1) is 0 Å². The van der Waals surface area contributed by atoms with Crippen LogP contribution >= 0.6 is 15.9 Å². The number of benzene rings is 1. The Bertz CT molecular complexity index is 731. The second-order valence-electron chi connectivity index (χ2n) is 5.02. The zero-order valence-corrected chi connectivity index (χ0v) is 12.4. The van der Waals surface area contributed by atoms with Gasteiger partial charge in [-0.2, -0.15) is 0 Å². The molecule has 1 aliphatic heterocycles. The number of ether oxygens (including phenoxy) is 1. The number of fused-ring (bicyclic) bond motifs is 1. The standard InChI is InChI=1S/C14H15BrN2O3/c15-12(11-3-1-2-6-20-11)8-4-5-9-10(7-8)17-14(19)13(18)16-9/h4-5,7,11-12H,1-3,6H2,(H,16,18)(H,17,19). The van der Waals surface area contributed by atoms with Crippen molar-refractivity contribution < 1.29 is 4.74 Å². The topological polar surface area (TPSA) is 75.0 Å². The van der Waals surface area contributed by atoms with Crippen molar-refractivity contribution in [2.24, 2.45) is 0 Å². The molecule has 2 atom stereocenters. The van der Waals surface area contributed by atoms with Crippen LogP contribution in [0.2, 0.25) is 0 Å². The third-order valence-corrected chi connectivity index (χ3v) is 4.72. The lowest BCUT2D eigenvalue weighted by molar-refractivity contribution is 0.0161. The summed E-state index contributed by atoms with van der Waals surface area (Å²) in [7, 11) is 0. The molecule has 0 spiro atoms. The van der Waals surface area contributed by atoms with Crippen LogP contribution in [-0.2, 0) is 4.74 Å². The highest BCUT2D eigenvalue weighted by atomic mass is 79.9. The van der Waals surface area contributed by atoms with Crippen molar-refractivity contribution in [1.82, 2.24) is 9.97 Å². The number of halogens is 1. The number of rotatable bonds is 2. The molecule has 1 saturated heterocycles. The van der Waals surface area contributed by atoms with Crippen LogP contribution in [-0.4, -0.2) is 22.7 Å². The van der Waals surface area contributed by atoms with E-state index < -0.39 is 11.1 Å². The quantitative estimate of drug-likeness (QED) is 0.651. The Labute approximate surface area is 123 Å².